The Bertz CT molecular complexity index is 538. The summed E-state index contributed by atoms with van der Waals surface area (Å²) in [4.78, 5) is 0. The van der Waals surface area contributed by atoms with E-state index in [-0.39, 0.29) is 5.82 Å². The van der Waals surface area contributed by atoms with Crippen molar-refractivity contribution in [3.8, 4) is 0 Å². The van der Waals surface area contributed by atoms with Crippen LogP contribution in [0.25, 0.3) is 0 Å². The Hall–Kier alpha value is -2.03. The molecule has 0 saturated heterocycles. The van der Waals surface area contributed by atoms with E-state index in [1.54, 1.807) is 6.07 Å². The van der Waals surface area contributed by atoms with Gasteiger partial charge in [0.15, 0.2) is 0 Å². The van der Waals surface area contributed by atoms with Crippen LogP contribution in [0.3, 0.4) is 0 Å². The maximum absolute atomic E-state index is 12.9. The summed E-state index contributed by atoms with van der Waals surface area (Å²) in [7, 11) is 0. The number of hydrogen-bond donors (Lipinski definition) is 2. The van der Waals surface area contributed by atoms with Crippen LogP contribution in [0.1, 0.15) is 11.1 Å². The van der Waals surface area contributed by atoms with Crippen LogP contribution in [0, 0.1) is 12.7 Å². The van der Waals surface area contributed by atoms with Crippen LogP contribution in [0.4, 0.5) is 15.8 Å². The van der Waals surface area contributed by atoms with Crippen molar-refractivity contribution >= 4 is 11.4 Å². The van der Waals surface area contributed by atoms with Gasteiger partial charge in [-0.3, -0.25) is 0 Å². The monoisotopic (exact) mass is 244 g/mol. The van der Waals surface area contributed by atoms with Crippen LogP contribution in [0.15, 0.2) is 42.5 Å². The van der Waals surface area contributed by atoms with Gasteiger partial charge in [-0.25, -0.2) is 4.39 Å². The summed E-state index contributed by atoms with van der Waals surface area (Å²) in [6.07, 6.45) is 0.862. The molecule has 0 heterocycles. The standard InChI is InChI=1S/C15H17FN2/c1-11-9-13(16)6-5-12(11)7-8-18-15-4-2-3-14(17)10-15/h2-6,9-10,18H,7-8,17H2,1H3. The molecule has 0 aliphatic heterocycles. The molecule has 3 N–H and O–H groups in total. The molecule has 0 fully saturated rings. The van der Waals surface area contributed by atoms with E-state index in [0.29, 0.717) is 0 Å². The van der Waals surface area contributed by atoms with Crippen LogP contribution in [-0.2, 0) is 6.42 Å². The number of nitrogens with one attached hydrogen (secondary N) is 1. The molecule has 0 saturated carbocycles. The number of nitrogen functional groups attached to an aromatic ring is 1. The second-order valence-corrected chi connectivity index (χ2v) is 4.37. The molecule has 2 aromatic carbocycles. The highest BCUT2D eigenvalue weighted by atomic mass is 19.1. The minimum Gasteiger partial charge on any atom is -0.399 e. The molecule has 0 unspecified atom stereocenters. The molecular weight excluding hydrogens is 227 g/mol. The Morgan fingerprint density at radius 2 is 2.00 bits per heavy atom. The van der Waals surface area contributed by atoms with Gasteiger partial charge >= 0.3 is 0 Å². The highest BCUT2D eigenvalue weighted by molar-refractivity contribution is 5.54. The van der Waals surface area contributed by atoms with E-state index in [9.17, 15) is 4.39 Å². The molecule has 0 atom stereocenters. The van der Waals surface area contributed by atoms with Crippen molar-refractivity contribution in [3.63, 3.8) is 0 Å². The summed E-state index contributed by atoms with van der Waals surface area (Å²) in [6.45, 7) is 2.73. The highest BCUT2D eigenvalue weighted by Gasteiger charge is 2.00. The van der Waals surface area contributed by atoms with E-state index >= 15 is 0 Å². The number of nitrogens with two attached hydrogens (primary N) is 1. The molecule has 94 valence electrons. The lowest BCUT2D eigenvalue weighted by atomic mass is 10.1. The topological polar surface area (TPSA) is 38.0 Å². The first-order valence-electron chi connectivity index (χ1n) is 5.99. The Labute approximate surface area is 107 Å². The van der Waals surface area contributed by atoms with Crippen molar-refractivity contribution in [2.45, 2.75) is 13.3 Å². The third-order valence-electron chi connectivity index (χ3n) is 2.91. The van der Waals surface area contributed by atoms with E-state index in [0.717, 1.165) is 35.5 Å². The van der Waals surface area contributed by atoms with E-state index in [2.05, 4.69) is 5.32 Å². The van der Waals surface area contributed by atoms with Crippen molar-refractivity contribution in [2.24, 2.45) is 0 Å². The molecule has 3 heteroatoms. The van der Waals surface area contributed by atoms with Gasteiger partial charge in [-0.05, 0) is 54.8 Å². The largest absolute Gasteiger partial charge is 0.399 e. The number of rotatable bonds is 4. The zero-order valence-electron chi connectivity index (χ0n) is 10.4. The number of hydrogen-bond acceptors (Lipinski definition) is 2. The number of anilines is 2. The minimum atomic E-state index is -0.181. The molecule has 0 bridgehead atoms. The molecule has 18 heavy (non-hydrogen) atoms. The van der Waals surface area contributed by atoms with Crippen LogP contribution in [-0.4, -0.2) is 6.54 Å². The van der Waals surface area contributed by atoms with Crippen molar-refractivity contribution in [3.05, 3.63) is 59.4 Å². The zero-order chi connectivity index (χ0) is 13.0. The SMILES string of the molecule is Cc1cc(F)ccc1CCNc1cccc(N)c1. The molecule has 2 nitrogen and oxygen atoms in total. The van der Waals surface area contributed by atoms with Gasteiger partial charge in [0, 0.05) is 17.9 Å². The lowest BCUT2D eigenvalue weighted by molar-refractivity contribution is 0.625. The normalized spacial score (nSPS) is 10.3. The molecule has 2 aromatic rings. The fourth-order valence-electron chi connectivity index (χ4n) is 1.93. The van der Waals surface area contributed by atoms with Crippen LogP contribution < -0.4 is 11.1 Å². The van der Waals surface area contributed by atoms with Crippen molar-refractivity contribution in [2.75, 3.05) is 17.6 Å². The molecule has 0 aromatic heterocycles. The highest BCUT2D eigenvalue weighted by Crippen LogP contribution is 2.13. The maximum atomic E-state index is 12.9. The fraction of sp³-hybridized carbons (Fsp3) is 0.200. The molecule has 0 aliphatic carbocycles. The minimum absolute atomic E-state index is 0.181. The maximum Gasteiger partial charge on any atom is 0.123 e. The molecule has 2 rings (SSSR count). The summed E-state index contributed by atoms with van der Waals surface area (Å²) in [5.41, 5.74) is 9.61. The first-order chi connectivity index (χ1) is 8.65. The zero-order valence-corrected chi connectivity index (χ0v) is 10.4. The molecule has 0 amide bonds. The van der Waals surface area contributed by atoms with Gasteiger partial charge in [-0.1, -0.05) is 12.1 Å². The van der Waals surface area contributed by atoms with Crippen molar-refractivity contribution < 1.29 is 4.39 Å². The Morgan fingerprint density at radius 1 is 1.17 bits per heavy atom. The van der Waals surface area contributed by atoms with E-state index in [1.807, 2.05) is 37.3 Å². The Balaban J connectivity index is 1.92. The Morgan fingerprint density at radius 3 is 2.72 bits per heavy atom. The van der Waals surface area contributed by atoms with E-state index in [1.165, 1.54) is 6.07 Å². The molecule has 0 radical (unpaired) electrons. The van der Waals surface area contributed by atoms with Gasteiger partial charge in [-0.2, -0.15) is 0 Å². The van der Waals surface area contributed by atoms with Crippen molar-refractivity contribution in [1.82, 2.24) is 0 Å². The van der Waals surface area contributed by atoms with Crippen molar-refractivity contribution in [1.29, 1.82) is 0 Å². The second kappa shape index (κ2) is 5.54. The van der Waals surface area contributed by atoms with Gasteiger partial charge in [0.05, 0.1) is 0 Å². The smallest absolute Gasteiger partial charge is 0.123 e. The van der Waals surface area contributed by atoms with Crippen LogP contribution >= 0.6 is 0 Å². The molecule has 0 spiro atoms. The second-order valence-electron chi connectivity index (χ2n) is 4.37. The van der Waals surface area contributed by atoms with Gasteiger partial charge in [0.2, 0.25) is 0 Å². The summed E-state index contributed by atoms with van der Waals surface area (Å²) in [5, 5.41) is 3.30. The average Bonchev–Trinajstić information content (AvgIpc) is 2.32. The van der Waals surface area contributed by atoms with Crippen LogP contribution in [0.5, 0.6) is 0 Å². The first kappa shape index (κ1) is 12.4. The Kier molecular flexibility index (Phi) is 3.82. The summed E-state index contributed by atoms with van der Waals surface area (Å²) in [5.74, 6) is -0.181. The summed E-state index contributed by atoms with van der Waals surface area (Å²) >= 11 is 0. The average molecular weight is 244 g/mol. The summed E-state index contributed by atoms with van der Waals surface area (Å²) in [6, 6.07) is 12.6. The molecular formula is C15H17FN2. The van der Waals surface area contributed by atoms with E-state index < -0.39 is 0 Å². The van der Waals surface area contributed by atoms with E-state index in [4.69, 9.17) is 5.73 Å². The van der Waals surface area contributed by atoms with Gasteiger partial charge < -0.3 is 11.1 Å². The van der Waals surface area contributed by atoms with Gasteiger partial charge in [0.25, 0.3) is 0 Å². The lowest BCUT2D eigenvalue weighted by Crippen LogP contribution is -2.06. The third-order valence-corrected chi connectivity index (χ3v) is 2.91. The third kappa shape index (κ3) is 3.23. The predicted octanol–water partition coefficient (Wildman–Crippen LogP) is 3.37. The number of benzene rings is 2. The quantitative estimate of drug-likeness (QED) is 0.809. The summed E-state index contributed by atoms with van der Waals surface area (Å²) < 4.78 is 12.9. The molecule has 0 aliphatic rings. The number of halogens is 1. The lowest BCUT2D eigenvalue weighted by Gasteiger charge is -2.09. The van der Waals surface area contributed by atoms with Gasteiger partial charge in [0.1, 0.15) is 5.82 Å². The fourth-order valence-corrected chi connectivity index (χ4v) is 1.93. The van der Waals surface area contributed by atoms with Gasteiger partial charge in [-0.15, -0.1) is 0 Å². The number of aryl methyl sites for hydroxylation is 1. The van der Waals surface area contributed by atoms with Crippen LogP contribution in [0.2, 0.25) is 0 Å². The predicted molar refractivity (Wildman–Crippen MR) is 74.2 cm³/mol. The first-order valence-corrected chi connectivity index (χ1v) is 5.99.